The monoisotopic (exact) mass is 329 g/mol. The third-order valence-electron chi connectivity index (χ3n) is 3.95. The number of hydrogen-bond donors (Lipinski definition) is 2. The van der Waals surface area contributed by atoms with Crippen LogP contribution in [0.5, 0.6) is 0 Å². The van der Waals surface area contributed by atoms with Gasteiger partial charge in [0, 0.05) is 11.6 Å². The molecular formula is C17H23N5O2. The predicted molar refractivity (Wildman–Crippen MR) is 91.6 cm³/mol. The minimum Gasteiger partial charge on any atom is -0.347 e. The number of aromatic nitrogens is 3. The summed E-state index contributed by atoms with van der Waals surface area (Å²) in [5.41, 5.74) is 1.36. The van der Waals surface area contributed by atoms with Gasteiger partial charge in [-0.15, -0.1) is 0 Å². The van der Waals surface area contributed by atoms with Gasteiger partial charge < -0.3 is 10.6 Å². The average Bonchev–Trinajstić information content (AvgIpc) is 3.06. The van der Waals surface area contributed by atoms with Crippen molar-refractivity contribution in [1.29, 1.82) is 0 Å². The molecule has 0 radical (unpaired) electrons. The number of anilines is 1. The van der Waals surface area contributed by atoms with Gasteiger partial charge in [0.2, 0.25) is 11.8 Å². The van der Waals surface area contributed by atoms with Gasteiger partial charge in [-0.25, -0.2) is 9.67 Å². The third kappa shape index (κ3) is 4.65. The molecule has 1 aromatic carbocycles. The van der Waals surface area contributed by atoms with Gasteiger partial charge in [-0.1, -0.05) is 27.7 Å². The molecule has 0 aliphatic heterocycles. The molecule has 2 amide bonds. The second kappa shape index (κ2) is 7.25. The first kappa shape index (κ1) is 17.7. The maximum atomic E-state index is 12.0. The molecule has 0 fully saturated rings. The summed E-state index contributed by atoms with van der Waals surface area (Å²) in [7, 11) is 0. The Balaban J connectivity index is 1.85. The Morgan fingerprint density at radius 2 is 1.88 bits per heavy atom. The van der Waals surface area contributed by atoms with Crippen LogP contribution in [0.1, 0.15) is 27.7 Å². The van der Waals surface area contributed by atoms with Crippen molar-refractivity contribution in [2.45, 2.75) is 27.7 Å². The van der Waals surface area contributed by atoms with E-state index < -0.39 is 0 Å². The van der Waals surface area contributed by atoms with Crippen molar-refractivity contribution >= 4 is 17.5 Å². The van der Waals surface area contributed by atoms with Crippen LogP contribution >= 0.6 is 0 Å². The minimum atomic E-state index is -0.266. The first-order valence-electron chi connectivity index (χ1n) is 7.80. The molecule has 0 bridgehead atoms. The summed E-state index contributed by atoms with van der Waals surface area (Å²) in [5, 5.41) is 9.45. The van der Waals surface area contributed by atoms with Crippen LogP contribution in [-0.2, 0) is 9.59 Å². The van der Waals surface area contributed by atoms with Gasteiger partial charge in [0.05, 0.1) is 12.2 Å². The van der Waals surface area contributed by atoms with Crippen LogP contribution < -0.4 is 10.6 Å². The summed E-state index contributed by atoms with van der Waals surface area (Å²) >= 11 is 0. The van der Waals surface area contributed by atoms with Crippen LogP contribution in [0, 0.1) is 11.3 Å². The van der Waals surface area contributed by atoms with Crippen molar-refractivity contribution in [1.82, 2.24) is 20.1 Å². The van der Waals surface area contributed by atoms with Crippen LogP contribution in [0.15, 0.2) is 36.9 Å². The Bertz CT molecular complexity index is 687. The van der Waals surface area contributed by atoms with E-state index in [0.29, 0.717) is 5.69 Å². The second-order valence-corrected chi connectivity index (χ2v) is 6.74. The van der Waals surface area contributed by atoms with E-state index >= 15 is 0 Å². The lowest BCUT2D eigenvalue weighted by atomic mass is 9.81. The van der Waals surface area contributed by atoms with Gasteiger partial charge in [0.25, 0.3) is 0 Å². The van der Waals surface area contributed by atoms with Crippen molar-refractivity contribution in [3.63, 3.8) is 0 Å². The van der Waals surface area contributed by atoms with Crippen LogP contribution in [0.2, 0.25) is 0 Å². The summed E-state index contributed by atoms with van der Waals surface area (Å²) in [6.45, 7) is 7.79. The highest BCUT2D eigenvalue weighted by Crippen LogP contribution is 2.25. The van der Waals surface area contributed by atoms with E-state index in [-0.39, 0.29) is 29.7 Å². The molecule has 2 N–H and O–H groups in total. The van der Waals surface area contributed by atoms with Crippen LogP contribution in [0.4, 0.5) is 5.69 Å². The summed E-state index contributed by atoms with van der Waals surface area (Å²) in [4.78, 5) is 27.8. The SMILES string of the molecule is CC(C(=O)NCC(=O)Nc1ccc(-n2cncn2)cc1)C(C)(C)C. The topological polar surface area (TPSA) is 88.9 Å². The molecule has 0 aliphatic carbocycles. The lowest BCUT2D eigenvalue weighted by Gasteiger charge is -2.25. The molecule has 0 spiro atoms. The van der Waals surface area contributed by atoms with E-state index in [2.05, 4.69) is 20.7 Å². The van der Waals surface area contributed by atoms with E-state index in [1.165, 1.54) is 6.33 Å². The first-order valence-corrected chi connectivity index (χ1v) is 7.80. The number of benzene rings is 1. The van der Waals surface area contributed by atoms with Gasteiger partial charge in [-0.05, 0) is 29.7 Å². The molecular weight excluding hydrogens is 306 g/mol. The van der Waals surface area contributed by atoms with Gasteiger partial charge >= 0.3 is 0 Å². The van der Waals surface area contributed by atoms with Crippen LogP contribution in [0.25, 0.3) is 5.69 Å². The maximum absolute atomic E-state index is 12.0. The van der Waals surface area contributed by atoms with Gasteiger partial charge in [-0.2, -0.15) is 5.10 Å². The molecule has 1 aromatic heterocycles. The zero-order valence-electron chi connectivity index (χ0n) is 14.4. The lowest BCUT2D eigenvalue weighted by molar-refractivity contribution is -0.129. The lowest BCUT2D eigenvalue weighted by Crippen LogP contribution is -2.40. The highest BCUT2D eigenvalue weighted by Gasteiger charge is 2.26. The van der Waals surface area contributed by atoms with Crippen molar-refractivity contribution in [2.75, 3.05) is 11.9 Å². The van der Waals surface area contributed by atoms with Crippen molar-refractivity contribution in [3.8, 4) is 5.69 Å². The summed E-state index contributed by atoms with van der Waals surface area (Å²) in [6.07, 6.45) is 3.05. The van der Waals surface area contributed by atoms with E-state index in [1.807, 2.05) is 39.8 Å². The zero-order valence-corrected chi connectivity index (χ0v) is 14.4. The summed E-state index contributed by atoms with van der Waals surface area (Å²) in [5.74, 6) is -0.565. The molecule has 1 unspecified atom stereocenters. The number of rotatable bonds is 5. The van der Waals surface area contributed by atoms with Gasteiger partial charge in [0.15, 0.2) is 0 Å². The molecule has 7 nitrogen and oxygen atoms in total. The fourth-order valence-electron chi connectivity index (χ4n) is 1.96. The minimum absolute atomic E-state index is 0.0515. The van der Waals surface area contributed by atoms with E-state index in [1.54, 1.807) is 23.1 Å². The summed E-state index contributed by atoms with van der Waals surface area (Å²) < 4.78 is 1.62. The molecule has 24 heavy (non-hydrogen) atoms. The van der Waals surface area contributed by atoms with Gasteiger partial charge in [0.1, 0.15) is 12.7 Å². The molecule has 1 heterocycles. The van der Waals surface area contributed by atoms with E-state index in [9.17, 15) is 9.59 Å². The fourth-order valence-corrected chi connectivity index (χ4v) is 1.96. The quantitative estimate of drug-likeness (QED) is 0.878. The van der Waals surface area contributed by atoms with E-state index in [4.69, 9.17) is 0 Å². The Morgan fingerprint density at radius 1 is 1.21 bits per heavy atom. The van der Waals surface area contributed by atoms with Crippen LogP contribution in [0.3, 0.4) is 0 Å². The third-order valence-corrected chi connectivity index (χ3v) is 3.95. The number of amides is 2. The average molecular weight is 329 g/mol. The highest BCUT2D eigenvalue weighted by molar-refractivity contribution is 5.94. The predicted octanol–water partition coefficient (Wildman–Crippen LogP) is 2.00. The van der Waals surface area contributed by atoms with Crippen molar-refractivity contribution in [2.24, 2.45) is 11.3 Å². The molecule has 2 aromatic rings. The Kier molecular flexibility index (Phi) is 5.33. The normalized spacial score (nSPS) is 12.5. The molecule has 1 atom stereocenters. The maximum Gasteiger partial charge on any atom is 0.243 e. The molecule has 0 aliphatic rings. The number of carbonyl (C=O) groups is 2. The second-order valence-electron chi connectivity index (χ2n) is 6.74. The summed E-state index contributed by atoms with van der Waals surface area (Å²) in [6, 6.07) is 7.19. The number of hydrogen-bond acceptors (Lipinski definition) is 4. The molecule has 128 valence electrons. The Labute approximate surface area is 141 Å². The first-order chi connectivity index (χ1) is 11.3. The fraction of sp³-hybridized carbons (Fsp3) is 0.412. The Morgan fingerprint density at radius 3 is 2.42 bits per heavy atom. The van der Waals surface area contributed by atoms with Crippen LogP contribution in [-0.4, -0.2) is 33.1 Å². The standard InChI is InChI=1S/C17H23N5O2/c1-12(17(2,3)4)16(24)19-9-15(23)21-13-5-7-14(8-6-13)22-11-18-10-20-22/h5-8,10-12H,9H2,1-4H3,(H,19,24)(H,21,23). The molecule has 2 rings (SSSR count). The smallest absolute Gasteiger partial charge is 0.243 e. The van der Waals surface area contributed by atoms with Crippen molar-refractivity contribution in [3.05, 3.63) is 36.9 Å². The number of carbonyl (C=O) groups excluding carboxylic acids is 2. The van der Waals surface area contributed by atoms with E-state index in [0.717, 1.165) is 5.69 Å². The van der Waals surface area contributed by atoms with Gasteiger partial charge in [-0.3, -0.25) is 9.59 Å². The zero-order chi connectivity index (χ0) is 17.7. The Hall–Kier alpha value is -2.70. The molecule has 7 heteroatoms. The largest absolute Gasteiger partial charge is 0.347 e. The highest BCUT2D eigenvalue weighted by atomic mass is 16.2. The number of nitrogens with zero attached hydrogens (tertiary/aromatic N) is 3. The molecule has 0 saturated carbocycles. The molecule has 0 saturated heterocycles. The van der Waals surface area contributed by atoms with Crippen molar-refractivity contribution < 1.29 is 9.59 Å². The number of nitrogens with one attached hydrogen (secondary N) is 2.